The third-order valence-electron chi connectivity index (χ3n) is 2.20. The number of aryl methyl sites for hydroxylation is 1. The molecule has 0 aliphatic carbocycles. The molecule has 0 bridgehead atoms. The van der Waals surface area contributed by atoms with Crippen molar-refractivity contribution >= 4 is 21.8 Å². The highest BCUT2D eigenvalue weighted by Crippen LogP contribution is 2.21. The Balaban J connectivity index is 3.24. The topological polar surface area (TPSA) is 81.5 Å². The lowest BCUT2D eigenvalue weighted by molar-refractivity contribution is 0.0527. The predicted octanol–water partition coefficient (Wildman–Crippen LogP) is -0.00740. The minimum Gasteiger partial charge on any atom is -0.462 e. The maximum atomic E-state index is 11.6. The fourth-order valence-electron chi connectivity index (χ4n) is 1.31. The lowest BCUT2D eigenvalue weighted by atomic mass is 10.3. The molecule has 0 aliphatic heterocycles. The first-order chi connectivity index (χ1) is 7.79. The molecule has 17 heavy (non-hydrogen) atoms. The van der Waals surface area contributed by atoms with Gasteiger partial charge in [-0.2, -0.15) is 5.10 Å². The van der Waals surface area contributed by atoms with Crippen molar-refractivity contribution < 1.29 is 17.9 Å². The molecule has 0 saturated carbocycles. The fourth-order valence-corrected chi connectivity index (χ4v) is 1.85. The molecule has 0 radical (unpaired) electrons. The molecular weight excluding hydrogens is 246 g/mol. The van der Waals surface area contributed by atoms with Gasteiger partial charge in [-0.3, -0.25) is 8.99 Å². The van der Waals surface area contributed by atoms with Crippen LogP contribution in [0.2, 0.25) is 0 Å². The van der Waals surface area contributed by atoms with Crippen molar-refractivity contribution in [2.45, 2.75) is 6.92 Å². The maximum Gasteiger partial charge on any atom is 0.343 e. The normalized spacial score (nSPS) is 11.3. The second-order valence-corrected chi connectivity index (χ2v) is 5.47. The minimum atomic E-state index is -3.45. The number of nitrogens with zero attached hydrogens (tertiary/aromatic N) is 3. The van der Waals surface area contributed by atoms with Crippen molar-refractivity contribution in [3.05, 3.63) is 11.8 Å². The molecule has 0 N–H and O–H groups in total. The SMILES string of the molecule is CCOC(=O)c1cnn(C)c1N(C)S(C)(=O)=O. The van der Waals surface area contributed by atoms with Crippen LogP contribution in [0, 0.1) is 0 Å². The summed E-state index contributed by atoms with van der Waals surface area (Å²) in [4.78, 5) is 11.6. The molecule has 0 unspecified atom stereocenters. The third kappa shape index (κ3) is 2.76. The van der Waals surface area contributed by atoms with Crippen LogP contribution in [-0.4, -0.2) is 44.1 Å². The quantitative estimate of drug-likeness (QED) is 0.712. The number of hydrogen-bond donors (Lipinski definition) is 0. The van der Waals surface area contributed by atoms with E-state index in [0.717, 1.165) is 10.6 Å². The van der Waals surface area contributed by atoms with Crippen LogP contribution in [-0.2, 0) is 21.8 Å². The molecular formula is C9H15N3O4S. The first-order valence-electron chi connectivity index (χ1n) is 4.92. The second kappa shape index (κ2) is 4.74. The Morgan fingerprint density at radius 2 is 2.18 bits per heavy atom. The number of carbonyl (C=O) groups is 1. The summed E-state index contributed by atoms with van der Waals surface area (Å²) < 4.78 is 30.0. The van der Waals surface area contributed by atoms with Crippen molar-refractivity contribution in [1.29, 1.82) is 0 Å². The summed E-state index contributed by atoms with van der Waals surface area (Å²) in [6, 6.07) is 0. The number of ether oxygens (including phenoxy) is 1. The minimum absolute atomic E-state index is 0.127. The fraction of sp³-hybridized carbons (Fsp3) is 0.556. The van der Waals surface area contributed by atoms with Gasteiger partial charge in [0.15, 0.2) is 5.82 Å². The van der Waals surface area contributed by atoms with E-state index < -0.39 is 16.0 Å². The van der Waals surface area contributed by atoms with E-state index in [1.807, 2.05) is 0 Å². The molecule has 1 rings (SSSR count). The van der Waals surface area contributed by atoms with Gasteiger partial charge in [-0.05, 0) is 6.92 Å². The third-order valence-corrected chi connectivity index (χ3v) is 3.37. The van der Waals surface area contributed by atoms with Gasteiger partial charge in [-0.15, -0.1) is 0 Å². The summed E-state index contributed by atoms with van der Waals surface area (Å²) >= 11 is 0. The van der Waals surface area contributed by atoms with Gasteiger partial charge in [0.2, 0.25) is 10.0 Å². The van der Waals surface area contributed by atoms with E-state index in [1.165, 1.54) is 17.9 Å². The van der Waals surface area contributed by atoms with E-state index in [9.17, 15) is 13.2 Å². The summed E-state index contributed by atoms with van der Waals surface area (Å²) in [5, 5.41) is 3.86. The lowest BCUT2D eigenvalue weighted by Gasteiger charge is -2.17. The number of rotatable bonds is 4. The van der Waals surface area contributed by atoms with Crippen LogP contribution in [0.1, 0.15) is 17.3 Å². The molecule has 0 aliphatic rings. The van der Waals surface area contributed by atoms with Gasteiger partial charge in [0.05, 0.1) is 19.1 Å². The van der Waals surface area contributed by atoms with Crippen molar-refractivity contribution in [1.82, 2.24) is 9.78 Å². The van der Waals surface area contributed by atoms with Gasteiger partial charge < -0.3 is 4.74 Å². The van der Waals surface area contributed by atoms with Crippen molar-refractivity contribution in [3.63, 3.8) is 0 Å². The van der Waals surface area contributed by atoms with Gasteiger partial charge in [-0.1, -0.05) is 0 Å². The smallest absolute Gasteiger partial charge is 0.343 e. The van der Waals surface area contributed by atoms with Crippen molar-refractivity contribution in [2.24, 2.45) is 7.05 Å². The Labute approximate surface area is 100 Å². The van der Waals surface area contributed by atoms with Crippen LogP contribution in [0.5, 0.6) is 0 Å². The zero-order valence-electron chi connectivity index (χ0n) is 10.2. The van der Waals surface area contributed by atoms with E-state index in [2.05, 4.69) is 5.10 Å². The van der Waals surface area contributed by atoms with E-state index in [0.29, 0.717) is 0 Å². The van der Waals surface area contributed by atoms with Gasteiger partial charge in [0.25, 0.3) is 0 Å². The summed E-state index contributed by atoms with van der Waals surface area (Å²) in [5.74, 6) is -0.406. The highest BCUT2D eigenvalue weighted by molar-refractivity contribution is 7.92. The van der Waals surface area contributed by atoms with Gasteiger partial charge >= 0.3 is 5.97 Å². The average Bonchev–Trinajstić information content (AvgIpc) is 2.58. The molecule has 0 spiro atoms. The van der Waals surface area contributed by atoms with Crippen LogP contribution in [0.4, 0.5) is 5.82 Å². The number of hydrogen-bond acceptors (Lipinski definition) is 5. The molecule has 96 valence electrons. The maximum absolute atomic E-state index is 11.6. The average molecular weight is 261 g/mol. The molecule has 1 aromatic heterocycles. The molecule has 0 atom stereocenters. The Bertz CT molecular complexity index is 520. The molecule has 1 aromatic rings. The van der Waals surface area contributed by atoms with E-state index in [1.54, 1.807) is 14.0 Å². The zero-order chi connectivity index (χ0) is 13.2. The van der Waals surface area contributed by atoms with Crippen molar-refractivity contribution in [2.75, 3.05) is 24.2 Å². The Kier molecular flexibility index (Phi) is 3.76. The number of carbonyl (C=O) groups excluding carboxylic acids is 1. The first-order valence-corrected chi connectivity index (χ1v) is 6.77. The Morgan fingerprint density at radius 1 is 1.59 bits per heavy atom. The molecule has 0 aromatic carbocycles. The van der Waals surface area contributed by atoms with Gasteiger partial charge in [0.1, 0.15) is 5.56 Å². The Morgan fingerprint density at radius 3 is 2.65 bits per heavy atom. The number of anilines is 1. The summed E-state index contributed by atoms with van der Waals surface area (Å²) in [6.45, 7) is 1.89. The molecule has 0 amide bonds. The van der Waals surface area contributed by atoms with E-state index in [4.69, 9.17) is 4.74 Å². The van der Waals surface area contributed by atoms with E-state index in [-0.39, 0.29) is 18.0 Å². The highest BCUT2D eigenvalue weighted by Gasteiger charge is 2.24. The van der Waals surface area contributed by atoms with E-state index >= 15 is 0 Å². The van der Waals surface area contributed by atoms with Crippen molar-refractivity contribution in [3.8, 4) is 0 Å². The van der Waals surface area contributed by atoms with Gasteiger partial charge in [0, 0.05) is 14.1 Å². The van der Waals surface area contributed by atoms with Crippen LogP contribution < -0.4 is 4.31 Å². The second-order valence-electron chi connectivity index (χ2n) is 3.46. The molecule has 8 heteroatoms. The van der Waals surface area contributed by atoms with Gasteiger partial charge in [-0.25, -0.2) is 13.2 Å². The summed E-state index contributed by atoms with van der Waals surface area (Å²) in [5.41, 5.74) is 0.127. The van der Waals surface area contributed by atoms with Crippen LogP contribution in [0.3, 0.4) is 0 Å². The van der Waals surface area contributed by atoms with Crippen LogP contribution in [0.25, 0.3) is 0 Å². The zero-order valence-corrected chi connectivity index (χ0v) is 11.0. The monoisotopic (exact) mass is 261 g/mol. The number of sulfonamides is 1. The molecule has 7 nitrogen and oxygen atoms in total. The highest BCUT2D eigenvalue weighted by atomic mass is 32.2. The van der Waals surface area contributed by atoms with Crippen LogP contribution in [0.15, 0.2) is 6.20 Å². The predicted molar refractivity (Wildman–Crippen MR) is 62.4 cm³/mol. The number of aromatic nitrogens is 2. The largest absolute Gasteiger partial charge is 0.462 e. The lowest BCUT2D eigenvalue weighted by Crippen LogP contribution is -2.28. The number of esters is 1. The summed E-state index contributed by atoms with van der Waals surface area (Å²) in [7, 11) is -0.543. The standard InChI is InChI=1S/C9H15N3O4S/c1-5-16-9(13)7-6-10-11(2)8(7)12(3)17(4,14)15/h6H,5H2,1-4H3. The first kappa shape index (κ1) is 13.5. The molecule has 0 fully saturated rings. The Hall–Kier alpha value is -1.57. The molecule has 0 saturated heterocycles. The summed E-state index contributed by atoms with van der Waals surface area (Å²) in [6.07, 6.45) is 2.34. The molecule has 1 heterocycles. The van der Waals surface area contributed by atoms with Crippen LogP contribution >= 0.6 is 0 Å².